The van der Waals surface area contributed by atoms with Crippen LogP contribution in [0.4, 0.5) is 0 Å². The van der Waals surface area contributed by atoms with Gasteiger partial charge in [0.2, 0.25) is 0 Å². The Labute approximate surface area is 226 Å². The summed E-state index contributed by atoms with van der Waals surface area (Å²) in [4.78, 5) is 8.78. The van der Waals surface area contributed by atoms with Crippen molar-refractivity contribution in [2.24, 2.45) is 7.05 Å². The fourth-order valence-corrected chi connectivity index (χ4v) is 4.21. The van der Waals surface area contributed by atoms with Crippen LogP contribution >= 0.6 is 12.4 Å². The minimum Gasteiger partial charge on any atom is -0.497 e. The van der Waals surface area contributed by atoms with Gasteiger partial charge in [-0.2, -0.15) is 10.2 Å². The monoisotopic (exact) mass is 527 g/mol. The largest absolute Gasteiger partial charge is 0.497 e. The number of aryl methyl sites for hydroxylation is 2. The van der Waals surface area contributed by atoms with E-state index in [0.717, 1.165) is 39.3 Å². The molecule has 0 fully saturated rings. The molecule has 1 atom stereocenters. The zero-order valence-electron chi connectivity index (χ0n) is 21.2. The van der Waals surface area contributed by atoms with Crippen molar-refractivity contribution in [1.82, 2.24) is 19.7 Å². The van der Waals surface area contributed by atoms with Crippen molar-refractivity contribution in [1.29, 1.82) is 5.26 Å². The Kier molecular flexibility index (Phi) is 8.22. The Morgan fingerprint density at radius 3 is 2.53 bits per heavy atom. The lowest BCUT2D eigenvalue weighted by molar-refractivity contribution is 0.0567. The van der Waals surface area contributed by atoms with Crippen LogP contribution in [-0.4, -0.2) is 26.8 Å². The summed E-state index contributed by atoms with van der Waals surface area (Å²) in [5.41, 5.74) is 6.09. The van der Waals surface area contributed by atoms with E-state index in [2.05, 4.69) is 21.2 Å². The Bertz CT molecular complexity index is 1570. The molecule has 3 aromatic carbocycles. The first-order chi connectivity index (χ1) is 18.1. The van der Waals surface area contributed by atoms with Crippen LogP contribution in [0.5, 0.6) is 5.75 Å². The maximum Gasteiger partial charge on any atom is 0.258 e. The molecule has 0 N–H and O–H groups in total. The number of nitriles is 1. The van der Waals surface area contributed by atoms with Gasteiger partial charge >= 0.3 is 0 Å². The molecule has 0 amide bonds. The lowest BCUT2D eigenvalue weighted by Crippen LogP contribution is -2.11. The highest BCUT2D eigenvalue weighted by atomic mass is 35.5. The average Bonchev–Trinajstić information content (AvgIpc) is 3.58. The number of benzene rings is 3. The number of methoxy groups -OCH3 is 1. The molecule has 0 aliphatic heterocycles. The molecule has 192 valence electrons. The van der Waals surface area contributed by atoms with Crippen LogP contribution < -0.4 is 4.74 Å². The Hall–Kier alpha value is -4.45. The zero-order valence-corrected chi connectivity index (χ0v) is 22.0. The van der Waals surface area contributed by atoms with Gasteiger partial charge in [0.25, 0.3) is 5.89 Å². The molecule has 0 bridgehead atoms. The van der Waals surface area contributed by atoms with Crippen LogP contribution in [0.25, 0.3) is 22.6 Å². The number of ether oxygens (including phenoxy) is 2. The fraction of sp³-hybridized carbons (Fsp3) is 0.172. The predicted octanol–water partition coefficient (Wildman–Crippen LogP) is 6.05. The molecular formula is C29H26ClN5O3. The second kappa shape index (κ2) is 11.7. The maximum atomic E-state index is 9.78. The van der Waals surface area contributed by atoms with Crippen LogP contribution in [0.1, 0.15) is 34.3 Å². The van der Waals surface area contributed by atoms with Gasteiger partial charge < -0.3 is 18.6 Å². The summed E-state index contributed by atoms with van der Waals surface area (Å²) in [6, 6.07) is 23.5. The second-order valence-electron chi connectivity index (χ2n) is 8.60. The van der Waals surface area contributed by atoms with E-state index >= 15 is 0 Å². The van der Waals surface area contributed by atoms with Crippen molar-refractivity contribution in [2.45, 2.75) is 19.6 Å². The molecule has 0 aliphatic carbocycles. The molecule has 0 spiro atoms. The zero-order chi connectivity index (χ0) is 25.8. The van der Waals surface area contributed by atoms with Crippen molar-refractivity contribution in [3.8, 4) is 34.4 Å². The van der Waals surface area contributed by atoms with Gasteiger partial charge in [-0.15, -0.1) is 12.4 Å². The average molecular weight is 528 g/mol. The topological polar surface area (TPSA) is 99.0 Å². The van der Waals surface area contributed by atoms with Gasteiger partial charge in [-0.1, -0.05) is 35.5 Å². The third-order valence-electron chi connectivity index (χ3n) is 6.21. The lowest BCUT2D eigenvalue weighted by atomic mass is 9.93. The normalized spacial score (nSPS) is 11.4. The Morgan fingerprint density at radius 1 is 1.05 bits per heavy atom. The van der Waals surface area contributed by atoms with Crippen molar-refractivity contribution in [3.63, 3.8) is 0 Å². The number of nitrogens with zero attached hydrogens (tertiary/aromatic N) is 5. The van der Waals surface area contributed by atoms with Gasteiger partial charge in [-0.05, 0) is 60.0 Å². The molecule has 5 aromatic rings. The number of hydrogen-bond acceptors (Lipinski definition) is 7. The van der Waals surface area contributed by atoms with Crippen molar-refractivity contribution < 1.29 is 14.0 Å². The molecule has 2 aromatic heterocycles. The summed E-state index contributed by atoms with van der Waals surface area (Å²) in [5, 5.41) is 13.9. The highest BCUT2D eigenvalue weighted by molar-refractivity contribution is 5.85. The molecule has 0 saturated heterocycles. The number of imidazole rings is 1. The summed E-state index contributed by atoms with van der Waals surface area (Å²) in [7, 11) is 3.54. The van der Waals surface area contributed by atoms with Crippen LogP contribution in [0, 0.1) is 18.3 Å². The van der Waals surface area contributed by atoms with Gasteiger partial charge in [0.15, 0.2) is 5.82 Å². The maximum absolute atomic E-state index is 9.78. The van der Waals surface area contributed by atoms with E-state index in [9.17, 15) is 5.26 Å². The summed E-state index contributed by atoms with van der Waals surface area (Å²) in [5.74, 6) is 1.57. The lowest BCUT2D eigenvalue weighted by Gasteiger charge is -2.20. The molecule has 0 aliphatic rings. The van der Waals surface area contributed by atoms with Gasteiger partial charge in [-0.25, -0.2) is 4.98 Å². The second-order valence-corrected chi connectivity index (χ2v) is 8.60. The molecule has 9 heteroatoms. The van der Waals surface area contributed by atoms with E-state index in [1.807, 2.05) is 85.3 Å². The van der Waals surface area contributed by atoms with E-state index < -0.39 is 6.10 Å². The molecule has 38 heavy (non-hydrogen) atoms. The van der Waals surface area contributed by atoms with Crippen LogP contribution in [-0.2, 0) is 18.4 Å². The first-order valence-corrected chi connectivity index (χ1v) is 11.7. The molecule has 1 unspecified atom stereocenters. The van der Waals surface area contributed by atoms with Crippen LogP contribution in [0.15, 0.2) is 83.8 Å². The number of aromatic nitrogens is 4. The van der Waals surface area contributed by atoms with Gasteiger partial charge in [0.1, 0.15) is 18.5 Å². The summed E-state index contributed by atoms with van der Waals surface area (Å²) < 4.78 is 19.0. The molecule has 0 saturated carbocycles. The first-order valence-electron chi connectivity index (χ1n) is 11.7. The van der Waals surface area contributed by atoms with E-state index in [4.69, 9.17) is 14.0 Å². The minimum absolute atomic E-state index is 0. The third-order valence-corrected chi connectivity index (χ3v) is 6.21. The summed E-state index contributed by atoms with van der Waals surface area (Å²) in [6.07, 6.45) is 3.04. The number of hydrogen-bond donors (Lipinski definition) is 0. The highest BCUT2D eigenvalue weighted by Gasteiger charge is 2.22. The standard InChI is InChI=1S/C29H25N5O3.ClH/c1-19-6-4-5-7-24(19)25-14-21(8-9-22(25)15-30)28(26-16-31-18-34(26)2)36-17-27-32-29(37-33-27)20-10-12-23(35-3)13-11-20;/h4-14,16,18,28H,17H2,1-3H3;1H. The molecule has 0 radical (unpaired) electrons. The first kappa shape index (κ1) is 26.6. The quantitative estimate of drug-likeness (QED) is 0.242. The third kappa shape index (κ3) is 5.44. The van der Waals surface area contributed by atoms with Crippen molar-refractivity contribution >= 4 is 12.4 Å². The van der Waals surface area contributed by atoms with Crippen LogP contribution in [0.3, 0.4) is 0 Å². The predicted molar refractivity (Wildman–Crippen MR) is 145 cm³/mol. The smallest absolute Gasteiger partial charge is 0.258 e. The van der Waals surface area contributed by atoms with E-state index in [1.165, 1.54) is 0 Å². The van der Waals surface area contributed by atoms with Gasteiger partial charge in [-0.3, -0.25) is 0 Å². The summed E-state index contributed by atoms with van der Waals surface area (Å²) >= 11 is 0. The number of rotatable bonds is 8. The highest BCUT2D eigenvalue weighted by Crippen LogP contribution is 2.33. The van der Waals surface area contributed by atoms with E-state index in [-0.39, 0.29) is 19.0 Å². The van der Waals surface area contributed by atoms with Crippen molar-refractivity contribution in [2.75, 3.05) is 7.11 Å². The van der Waals surface area contributed by atoms with Gasteiger partial charge in [0, 0.05) is 18.2 Å². The number of halogens is 1. The van der Waals surface area contributed by atoms with Gasteiger partial charge in [0.05, 0.1) is 37.0 Å². The molecular weight excluding hydrogens is 502 g/mol. The molecule has 5 rings (SSSR count). The SMILES string of the molecule is COc1ccc(-c2nc(COC(c3ccc(C#N)c(-c4ccccc4C)c3)c3cncn3C)no2)cc1.Cl. The van der Waals surface area contributed by atoms with E-state index in [0.29, 0.717) is 17.3 Å². The minimum atomic E-state index is -0.467. The molecule has 2 heterocycles. The van der Waals surface area contributed by atoms with E-state index in [1.54, 1.807) is 19.6 Å². The summed E-state index contributed by atoms with van der Waals surface area (Å²) in [6.45, 7) is 2.16. The van der Waals surface area contributed by atoms with Crippen LogP contribution in [0.2, 0.25) is 0 Å². The fourth-order valence-electron chi connectivity index (χ4n) is 4.21. The van der Waals surface area contributed by atoms with Crippen molar-refractivity contribution in [3.05, 3.63) is 107 Å². The Balaban J connectivity index is 0.00000336. The molecule has 8 nitrogen and oxygen atoms in total. The Morgan fingerprint density at radius 2 is 1.84 bits per heavy atom.